The summed E-state index contributed by atoms with van der Waals surface area (Å²) in [5.74, 6) is -3.30. The topological polar surface area (TPSA) is 232 Å². The molecule has 2 aliphatic rings. The number of aliphatic carboxylic acids is 1. The number of carboxylic acids is 1. The lowest BCUT2D eigenvalue weighted by Crippen LogP contribution is -2.62. The zero-order valence-electron chi connectivity index (χ0n) is 26.8. The lowest BCUT2D eigenvalue weighted by molar-refractivity contribution is -0.271. The fraction of sp³-hybridized carbons (Fsp3) is 0.257. The Morgan fingerprint density at radius 2 is 1.54 bits per heavy atom. The molecule has 17 heteroatoms. The normalized spacial score (nSPS) is 25.9. The molecule has 2 heterocycles. The number of carboxylic acid groups (broad SMARTS) is 1. The third kappa shape index (κ3) is 7.43. The minimum absolute atomic E-state index is 0.132. The molecule has 5 unspecified atom stereocenters. The molecule has 2 saturated heterocycles. The highest BCUT2D eigenvalue weighted by Crippen LogP contribution is 2.47. The van der Waals surface area contributed by atoms with Gasteiger partial charge in [0.2, 0.25) is 12.2 Å². The number of benzene rings is 4. The number of halogens is 1. The quantitative estimate of drug-likeness (QED) is 0.0851. The summed E-state index contributed by atoms with van der Waals surface area (Å²) in [4.78, 5) is 46.1. The van der Waals surface area contributed by atoms with Crippen molar-refractivity contribution in [1.82, 2.24) is 0 Å². The standard InChI is InChI=1S/C35H33FNO13PS/c36-21-11-6-19(7-12-21)25(38)17-52(48)32-27(37(33(32)42)22-4-2-1-3-5-22)24-15-10-20(18-8-13-23(14-9-18)51(45,46)47)16-26(24)49-35-30(41)28(39)29(40)31(50-35)34(43)44/h1-16,25,27-32,35,38-41H,17H2,(H,43,44)(H2,45,46,47)/t25-,27+,28?,29?,30?,31?,32+,35+,52?/m0/s1. The van der Waals surface area contributed by atoms with E-state index < -0.39 is 89.9 Å². The van der Waals surface area contributed by atoms with Gasteiger partial charge in [-0.1, -0.05) is 54.6 Å². The summed E-state index contributed by atoms with van der Waals surface area (Å²) in [6.45, 7) is 0. The highest BCUT2D eigenvalue weighted by molar-refractivity contribution is 7.86. The van der Waals surface area contributed by atoms with Gasteiger partial charge in [0.15, 0.2) is 6.10 Å². The van der Waals surface area contributed by atoms with Gasteiger partial charge in [-0.15, -0.1) is 0 Å². The molecule has 0 radical (unpaired) electrons. The molecule has 0 bridgehead atoms. The molecule has 9 atom stereocenters. The van der Waals surface area contributed by atoms with E-state index in [4.69, 9.17) is 9.47 Å². The number of ether oxygens (including phenoxy) is 2. The minimum atomic E-state index is -4.57. The highest BCUT2D eigenvalue weighted by atomic mass is 32.2. The van der Waals surface area contributed by atoms with E-state index in [1.54, 1.807) is 36.4 Å². The maximum atomic E-state index is 13.9. The molecule has 52 heavy (non-hydrogen) atoms. The van der Waals surface area contributed by atoms with Crippen molar-refractivity contribution in [1.29, 1.82) is 0 Å². The SMILES string of the molecule is O=C(O)C1O[C@@H](Oc2cc(-c3ccc(P(=O)(O)O)cc3)ccc2[C@@H]2[C@@H](S(=O)C[C@H](O)c3ccc(F)cc3)C(=O)N2c2ccccc2)C(O)C(O)C1O. The summed E-state index contributed by atoms with van der Waals surface area (Å²) in [6, 6.07) is 22.0. The maximum Gasteiger partial charge on any atom is 0.356 e. The predicted octanol–water partition coefficient (Wildman–Crippen LogP) is 1.51. The second kappa shape index (κ2) is 14.9. The molecule has 2 aliphatic heterocycles. The third-order valence-electron chi connectivity index (χ3n) is 8.87. The third-order valence-corrected chi connectivity index (χ3v) is 11.5. The van der Waals surface area contributed by atoms with Crippen molar-refractivity contribution in [2.45, 2.75) is 48.1 Å². The molecule has 1 amide bonds. The van der Waals surface area contributed by atoms with Crippen LogP contribution >= 0.6 is 7.60 Å². The Bertz CT molecular complexity index is 2010. The molecule has 0 aromatic heterocycles. The first-order valence-electron chi connectivity index (χ1n) is 15.7. The first kappa shape index (κ1) is 37.4. The second-order valence-corrected chi connectivity index (χ2v) is 15.4. The smallest absolute Gasteiger partial charge is 0.356 e. The molecule has 0 saturated carbocycles. The number of β-lactam (4-membered cyclic amide) rings is 1. The zero-order chi connectivity index (χ0) is 37.5. The summed E-state index contributed by atoms with van der Waals surface area (Å²) in [5.41, 5.74) is 1.69. The summed E-state index contributed by atoms with van der Waals surface area (Å²) >= 11 is 0. The Morgan fingerprint density at radius 1 is 0.904 bits per heavy atom. The number of anilines is 1. The van der Waals surface area contributed by atoms with Crippen molar-refractivity contribution < 1.29 is 67.5 Å². The van der Waals surface area contributed by atoms with E-state index in [9.17, 15) is 58.1 Å². The van der Waals surface area contributed by atoms with Gasteiger partial charge in [-0.25, -0.2) is 9.18 Å². The lowest BCUT2D eigenvalue weighted by atomic mass is 9.90. The first-order valence-corrected chi connectivity index (χ1v) is 18.7. The van der Waals surface area contributed by atoms with Crippen LogP contribution in [0.2, 0.25) is 0 Å². The number of aliphatic hydroxyl groups is 4. The number of rotatable bonds is 11. The second-order valence-electron chi connectivity index (χ2n) is 12.2. The lowest BCUT2D eigenvalue weighted by Gasteiger charge is -2.47. The minimum Gasteiger partial charge on any atom is -0.479 e. The number of amides is 1. The van der Waals surface area contributed by atoms with Crippen LogP contribution in [0, 0.1) is 5.82 Å². The van der Waals surface area contributed by atoms with E-state index in [1.807, 2.05) is 0 Å². The van der Waals surface area contributed by atoms with Gasteiger partial charge in [0, 0.05) is 22.1 Å². The van der Waals surface area contributed by atoms with Crippen LogP contribution in [0.25, 0.3) is 11.1 Å². The Morgan fingerprint density at radius 3 is 2.15 bits per heavy atom. The van der Waals surface area contributed by atoms with Gasteiger partial charge in [-0.2, -0.15) is 0 Å². The van der Waals surface area contributed by atoms with E-state index in [2.05, 4.69) is 0 Å². The number of hydrogen-bond donors (Lipinski definition) is 7. The number of nitrogens with zero attached hydrogens (tertiary/aromatic N) is 1. The number of para-hydroxylation sites is 1. The van der Waals surface area contributed by atoms with Crippen LogP contribution < -0.4 is 14.9 Å². The number of carbonyl (C=O) groups is 2. The van der Waals surface area contributed by atoms with Crippen LogP contribution in [0.4, 0.5) is 10.1 Å². The number of carbonyl (C=O) groups excluding carboxylic acids is 1. The summed E-state index contributed by atoms with van der Waals surface area (Å²) in [5, 5.41) is 50.5. The molecule has 0 aliphatic carbocycles. The zero-order valence-corrected chi connectivity index (χ0v) is 28.5. The van der Waals surface area contributed by atoms with E-state index in [0.717, 1.165) is 12.1 Å². The van der Waals surface area contributed by atoms with Gasteiger partial charge < -0.3 is 49.7 Å². The van der Waals surface area contributed by atoms with Crippen molar-refractivity contribution in [2.75, 3.05) is 10.7 Å². The van der Waals surface area contributed by atoms with E-state index >= 15 is 0 Å². The average molecular weight is 758 g/mol. The molecular formula is C35H33FNO13PS. The molecule has 14 nitrogen and oxygen atoms in total. The van der Waals surface area contributed by atoms with E-state index in [0.29, 0.717) is 16.8 Å². The van der Waals surface area contributed by atoms with Crippen LogP contribution in [-0.4, -0.2) is 93.1 Å². The average Bonchev–Trinajstić information content (AvgIpc) is 3.11. The predicted molar refractivity (Wildman–Crippen MR) is 183 cm³/mol. The fourth-order valence-corrected chi connectivity index (χ4v) is 8.26. The first-order chi connectivity index (χ1) is 24.6. The van der Waals surface area contributed by atoms with E-state index in [-0.39, 0.29) is 22.2 Å². The summed E-state index contributed by atoms with van der Waals surface area (Å²) < 4.78 is 50.6. The summed E-state index contributed by atoms with van der Waals surface area (Å²) in [7, 11) is -6.63. The molecule has 6 rings (SSSR count). The molecule has 2 fully saturated rings. The van der Waals surface area contributed by atoms with Crippen LogP contribution in [0.3, 0.4) is 0 Å². The Kier molecular flexibility index (Phi) is 10.8. The van der Waals surface area contributed by atoms with Crippen molar-refractivity contribution in [3.05, 3.63) is 114 Å². The van der Waals surface area contributed by atoms with Crippen molar-refractivity contribution >= 4 is 41.3 Å². The van der Waals surface area contributed by atoms with Crippen LogP contribution in [0.5, 0.6) is 5.75 Å². The molecule has 4 aromatic rings. The van der Waals surface area contributed by atoms with Crippen molar-refractivity contribution in [3.63, 3.8) is 0 Å². The van der Waals surface area contributed by atoms with Gasteiger partial charge in [0.1, 0.15) is 35.1 Å². The van der Waals surface area contributed by atoms with Crippen molar-refractivity contribution in [3.8, 4) is 16.9 Å². The monoisotopic (exact) mass is 757 g/mol. The van der Waals surface area contributed by atoms with Crippen LogP contribution in [0.15, 0.2) is 97.1 Å². The van der Waals surface area contributed by atoms with Gasteiger partial charge in [0.25, 0.3) is 0 Å². The Labute approximate surface area is 297 Å². The van der Waals surface area contributed by atoms with Gasteiger partial charge in [0.05, 0.1) is 23.2 Å². The molecule has 7 N–H and O–H groups in total. The fourth-order valence-electron chi connectivity index (χ4n) is 6.12. The Balaban J connectivity index is 1.43. The molecule has 4 aromatic carbocycles. The van der Waals surface area contributed by atoms with Crippen molar-refractivity contribution in [2.24, 2.45) is 0 Å². The highest BCUT2D eigenvalue weighted by Gasteiger charge is 2.54. The van der Waals surface area contributed by atoms with Gasteiger partial charge >= 0.3 is 13.6 Å². The number of aliphatic hydroxyl groups excluding tert-OH is 4. The van der Waals surface area contributed by atoms with E-state index in [1.165, 1.54) is 53.4 Å². The molecular weight excluding hydrogens is 724 g/mol. The van der Waals surface area contributed by atoms with Crippen LogP contribution in [-0.2, 0) is 29.7 Å². The largest absolute Gasteiger partial charge is 0.479 e. The summed E-state index contributed by atoms with van der Waals surface area (Å²) in [6.07, 6.45) is -11.2. The molecule has 274 valence electrons. The molecule has 0 spiro atoms. The number of hydrogen-bond acceptors (Lipinski definition) is 10. The maximum absolute atomic E-state index is 13.9. The Hall–Kier alpha value is -4.35. The van der Waals surface area contributed by atoms with Gasteiger partial charge in [-0.3, -0.25) is 13.6 Å². The van der Waals surface area contributed by atoms with Crippen LogP contribution in [0.1, 0.15) is 23.3 Å². The van der Waals surface area contributed by atoms with Gasteiger partial charge in [-0.05, 0) is 59.2 Å².